The first-order chi connectivity index (χ1) is 12.2. The fourth-order valence-electron chi connectivity index (χ4n) is 2.04. The molecular formula is C19H18N2O4. The predicted octanol–water partition coefficient (Wildman–Crippen LogP) is 2.48. The maximum Gasteiger partial charge on any atom is 0.271 e. The largest absolute Gasteiger partial charge is 0.493 e. The maximum absolute atomic E-state index is 12.2. The van der Waals surface area contributed by atoms with Crippen molar-refractivity contribution in [1.29, 1.82) is 0 Å². The standard InChI is InChI=1S/C19H18N2O4/c1-4-11-25-16-8-6-5-7-15(16)13-20-21-19(22)14-9-10-17(23-2)18(12-14)24-3/h1,5-10,12-13H,11H2,2-3H3,(H,21,22)/b20-13+. The molecule has 1 N–H and O–H groups in total. The van der Waals surface area contributed by atoms with Crippen LogP contribution in [0.5, 0.6) is 17.2 Å². The van der Waals surface area contributed by atoms with Crippen LogP contribution in [0.3, 0.4) is 0 Å². The van der Waals surface area contributed by atoms with Gasteiger partial charge in [0.2, 0.25) is 0 Å². The van der Waals surface area contributed by atoms with Crippen LogP contribution in [0.2, 0.25) is 0 Å². The number of terminal acetylenes is 1. The molecule has 0 unspecified atom stereocenters. The first-order valence-corrected chi connectivity index (χ1v) is 7.40. The second-order valence-corrected chi connectivity index (χ2v) is 4.80. The highest BCUT2D eigenvalue weighted by atomic mass is 16.5. The molecule has 128 valence electrons. The molecule has 0 fully saturated rings. The number of carbonyl (C=O) groups excluding carboxylic acids is 1. The van der Waals surface area contributed by atoms with Crippen molar-refractivity contribution in [1.82, 2.24) is 5.43 Å². The number of amides is 1. The van der Waals surface area contributed by atoms with Gasteiger partial charge in [0.1, 0.15) is 12.4 Å². The summed E-state index contributed by atoms with van der Waals surface area (Å²) in [5.74, 6) is 3.62. The van der Waals surface area contributed by atoms with Gasteiger partial charge in [0.05, 0.1) is 20.4 Å². The Balaban J connectivity index is 2.07. The van der Waals surface area contributed by atoms with Crippen molar-refractivity contribution in [2.24, 2.45) is 5.10 Å². The smallest absolute Gasteiger partial charge is 0.271 e. The zero-order valence-corrected chi connectivity index (χ0v) is 14.0. The van der Waals surface area contributed by atoms with Gasteiger partial charge in [-0.2, -0.15) is 5.10 Å². The molecule has 0 atom stereocenters. The highest BCUT2D eigenvalue weighted by Crippen LogP contribution is 2.27. The normalized spacial score (nSPS) is 10.1. The van der Waals surface area contributed by atoms with Gasteiger partial charge in [0.25, 0.3) is 5.91 Å². The molecule has 0 saturated heterocycles. The van der Waals surface area contributed by atoms with E-state index < -0.39 is 0 Å². The van der Waals surface area contributed by atoms with E-state index in [9.17, 15) is 4.79 Å². The SMILES string of the molecule is C#CCOc1ccccc1/C=N/NC(=O)c1ccc(OC)c(OC)c1. The summed E-state index contributed by atoms with van der Waals surface area (Å²) in [4.78, 5) is 12.2. The number of hydrogen-bond acceptors (Lipinski definition) is 5. The van der Waals surface area contributed by atoms with Gasteiger partial charge in [-0.25, -0.2) is 5.43 Å². The second kappa shape index (κ2) is 8.99. The molecule has 0 aliphatic rings. The highest BCUT2D eigenvalue weighted by molar-refractivity contribution is 5.95. The number of ether oxygens (including phenoxy) is 3. The lowest BCUT2D eigenvalue weighted by atomic mass is 10.2. The molecule has 6 heteroatoms. The molecule has 0 saturated carbocycles. The molecule has 0 spiro atoms. The Labute approximate surface area is 146 Å². The Morgan fingerprint density at radius 2 is 1.92 bits per heavy atom. The fourth-order valence-corrected chi connectivity index (χ4v) is 2.04. The minimum atomic E-state index is -0.376. The minimum Gasteiger partial charge on any atom is -0.493 e. The molecular weight excluding hydrogens is 320 g/mol. The zero-order valence-electron chi connectivity index (χ0n) is 14.0. The molecule has 0 radical (unpaired) electrons. The molecule has 0 bridgehead atoms. The van der Waals surface area contributed by atoms with Crippen molar-refractivity contribution in [3.05, 3.63) is 53.6 Å². The number of methoxy groups -OCH3 is 2. The van der Waals surface area contributed by atoms with Crippen molar-refractivity contribution < 1.29 is 19.0 Å². The number of hydrazone groups is 1. The van der Waals surface area contributed by atoms with E-state index in [1.54, 1.807) is 30.3 Å². The topological polar surface area (TPSA) is 69.2 Å². The maximum atomic E-state index is 12.2. The lowest BCUT2D eigenvalue weighted by Gasteiger charge is -2.08. The third-order valence-electron chi connectivity index (χ3n) is 3.25. The van der Waals surface area contributed by atoms with Crippen LogP contribution in [-0.2, 0) is 0 Å². The Hall–Kier alpha value is -3.46. The average molecular weight is 338 g/mol. The van der Waals surface area contributed by atoms with Gasteiger partial charge in [-0.05, 0) is 30.3 Å². The molecule has 2 rings (SSSR count). The average Bonchev–Trinajstić information content (AvgIpc) is 2.66. The lowest BCUT2D eigenvalue weighted by Crippen LogP contribution is -2.17. The Morgan fingerprint density at radius 1 is 1.16 bits per heavy atom. The van der Waals surface area contributed by atoms with E-state index in [-0.39, 0.29) is 12.5 Å². The van der Waals surface area contributed by atoms with Gasteiger partial charge in [-0.3, -0.25) is 4.79 Å². The van der Waals surface area contributed by atoms with Gasteiger partial charge in [0, 0.05) is 11.1 Å². The van der Waals surface area contributed by atoms with E-state index >= 15 is 0 Å². The van der Waals surface area contributed by atoms with Gasteiger partial charge >= 0.3 is 0 Å². The van der Waals surface area contributed by atoms with Crippen molar-refractivity contribution >= 4 is 12.1 Å². The van der Waals surface area contributed by atoms with Crippen LogP contribution in [-0.4, -0.2) is 32.9 Å². The number of rotatable bonds is 7. The fraction of sp³-hybridized carbons (Fsp3) is 0.158. The van der Waals surface area contributed by atoms with Crippen LogP contribution in [0.25, 0.3) is 0 Å². The summed E-state index contributed by atoms with van der Waals surface area (Å²) in [6, 6.07) is 12.1. The number of hydrogen-bond donors (Lipinski definition) is 1. The molecule has 0 heterocycles. The first kappa shape index (κ1) is 17.9. The molecule has 6 nitrogen and oxygen atoms in total. The number of nitrogens with zero attached hydrogens (tertiary/aromatic N) is 1. The highest BCUT2D eigenvalue weighted by Gasteiger charge is 2.10. The van der Waals surface area contributed by atoms with Crippen LogP contribution in [0, 0.1) is 12.3 Å². The Morgan fingerprint density at radius 3 is 2.64 bits per heavy atom. The number of benzene rings is 2. The van der Waals surface area contributed by atoms with Crippen LogP contribution in [0.15, 0.2) is 47.6 Å². The summed E-state index contributed by atoms with van der Waals surface area (Å²) >= 11 is 0. The van der Waals surface area contributed by atoms with Crippen LogP contribution in [0.4, 0.5) is 0 Å². The van der Waals surface area contributed by atoms with E-state index in [0.29, 0.717) is 28.4 Å². The Kier molecular flexibility index (Phi) is 6.43. The van der Waals surface area contributed by atoms with Crippen molar-refractivity contribution in [2.45, 2.75) is 0 Å². The van der Waals surface area contributed by atoms with Gasteiger partial charge in [-0.15, -0.1) is 6.42 Å². The third kappa shape index (κ3) is 4.75. The monoisotopic (exact) mass is 338 g/mol. The van der Waals surface area contributed by atoms with Crippen LogP contribution in [0.1, 0.15) is 15.9 Å². The van der Waals surface area contributed by atoms with Crippen molar-refractivity contribution in [3.63, 3.8) is 0 Å². The van der Waals surface area contributed by atoms with Gasteiger partial charge in [-0.1, -0.05) is 18.1 Å². The summed E-state index contributed by atoms with van der Waals surface area (Å²) in [6.07, 6.45) is 6.68. The molecule has 0 aliphatic carbocycles. The molecule has 0 aliphatic heterocycles. The van der Waals surface area contributed by atoms with Crippen molar-refractivity contribution in [2.75, 3.05) is 20.8 Å². The molecule has 2 aromatic carbocycles. The first-order valence-electron chi connectivity index (χ1n) is 7.40. The lowest BCUT2D eigenvalue weighted by molar-refractivity contribution is 0.0954. The summed E-state index contributed by atoms with van der Waals surface area (Å²) in [6.45, 7) is 0.156. The van der Waals surface area contributed by atoms with Gasteiger partial charge in [0.15, 0.2) is 11.5 Å². The minimum absolute atomic E-state index is 0.156. The molecule has 1 amide bonds. The van der Waals surface area contributed by atoms with E-state index in [1.165, 1.54) is 20.4 Å². The summed E-state index contributed by atoms with van der Waals surface area (Å²) in [7, 11) is 3.03. The quantitative estimate of drug-likeness (QED) is 0.478. The zero-order chi connectivity index (χ0) is 18.1. The van der Waals surface area contributed by atoms with E-state index in [1.807, 2.05) is 12.1 Å². The third-order valence-corrected chi connectivity index (χ3v) is 3.25. The Bertz CT molecular complexity index is 809. The van der Waals surface area contributed by atoms with E-state index in [0.717, 1.165) is 0 Å². The predicted molar refractivity (Wildman–Crippen MR) is 95.4 cm³/mol. The number of carbonyl (C=O) groups is 1. The molecule has 2 aromatic rings. The number of nitrogens with one attached hydrogen (secondary N) is 1. The summed E-state index contributed by atoms with van der Waals surface area (Å²) < 4.78 is 15.7. The second-order valence-electron chi connectivity index (χ2n) is 4.80. The van der Waals surface area contributed by atoms with E-state index in [4.69, 9.17) is 20.6 Å². The van der Waals surface area contributed by atoms with Crippen LogP contribution >= 0.6 is 0 Å². The van der Waals surface area contributed by atoms with E-state index in [2.05, 4.69) is 16.4 Å². The number of para-hydroxylation sites is 1. The molecule has 0 aromatic heterocycles. The van der Waals surface area contributed by atoms with Crippen LogP contribution < -0.4 is 19.6 Å². The molecule has 25 heavy (non-hydrogen) atoms. The van der Waals surface area contributed by atoms with Gasteiger partial charge < -0.3 is 14.2 Å². The summed E-state index contributed by atoms with van der Waals surface area (Å²) in [5.41, 5.74) is 3.55. The van der Waals surface area contributed by atoms with Crippen molar-refractivity contribution in [3.8, 4) is 29.6 Å². The summed E-state index contributed by atoms with van der Waals surface area (Å²) in [5, 5.41) is 3.96.